The molecule has 100 valence electrons. The van der Waals surface area contributed by atoms with Gasteiger partial charge in [-0.3, -0.25) is 4.79 Å². The number of carboxylic acids is 1. The van der Waals surface area contributed by atoms with Crippen LogP contribution >= 0.6 is 0 Å². The van der Waals surface area contributed by atoms with Gasteiger partial charge in [0, 0.05) is 6.61 Å². The van der Waals surface area contributed by atoms with Gasteiger partial charge in [0.05, 0.1) is 6.10 Å². The van der Waals surface area contributed by atoms with Gasteiger partial charge >= 0.3 is 5.97 Å². The fourth-order valence-corrected chi connectivity index (χ4v) is 2.22. The summed E-state index contributed by atoms with van der Waals surface area (Å²) in [4.78, 5) is 11.3. The summed E-state index contributed by atoms with van der Waals surface area (Å²) < 4.78 is 5.66. The Labute approximate surface area is 104 Å². The average Bonchev–Trinajstić information content (AvgIpc) is 2.24. The molecule has 1 rings (SSSR count). The zero-order chi connectivity index (χ0) is 12.7. The fraction of sp³-hybridized carbons (Fsp3) is 0.923. The first-order valence-electron chi connectivity index (χ1n) is 6.74. The van der Waals surface area contributed by atoms with Gasteiger partial charge in [-0.15, -0.1) is 0 Å². The van der Waals surface area contributed by atoms with Crippen molar-refractivity contribution >= 4 is 5.97 Å². The van der Waals surface area contributed by atoms with E-state index in [-0.39, 0.29) is 0 Å². The number of aliphatic carboxylic acids is 1. The standard InChI is InChI=1S/C13H25NO3/c1-3-13(12(15)16,14-4-2)9-6-10-17-11-7-5-8-11/h11,14H,3-10H2,1-2H3,(H,15,16). The van der Waals surface area contributed by atoms with Gasteiger partial charge in [0.2, 0.25) is 0 Å². The normalized spacial score (nSPS) is 19.6. The number of ether oxygens (including phenoxy) is 1. The van der Waals surface area contributed by atoms with Crippen molar-refractivity contribution in [3.05, 3.63) is 0 Å². The van der Waals surface area contributed by atoms with E-state index >= 15 is 0 Å². The Kier molecular flexibility index (Phi) is 5.92. The van der Waals surface area contributed by atoms with Crippen molar-refractivity contribution in [2.75, 3.05) is 13.2 Å². The second kappa shape index (κ2) is 6.97. The van der Waals surface area contributed by atoms with Crippen molar-refractivity contribution < 1.29 is 14.6 Å². The molecule has 0 saturated heterocycles. The van der Waals surface area contributed by atoms with Gasteiger partial charge in [0.1, 0.15) is 5.54 Å². The number of hydrogen-bond acceptors (Lipinski definition) is 3. The molecule has 0 heterocycles. The quantitative estimate of drug-likeness (QED) is 0.609. The van der Waals surface area contributed by atoms with Gasteiger partial charge < -0.3 is 15.2 Å². The summed E-state index contributed by atoms with van der Waals surface area (Å²) in [5.74, 6) is -0.745. The predicted octanol–water partition coefficient (Wildman–Crippen LogP) is 2.18. The number of rotatable bonds is 9. The lowest BCUT2D eigenvalue weighted by Gasteiger charge is -2.30. The highest BCUT2D eigenvalue weighted by atomic mass is 16.5. The third-order valence-electron chi connectivity index (χ3n) is 3.68. The van der Waals surface area contributed by atoms with Crippen LogP contribution in [-0.4, -0.2) is 35.9 Å². The minimum Gasteiger partial charge on any atom is -0.480 e. The summed E-state index contributed by atoms with van der Waals surface area (Å²) in [5, 5.41) is 12.4. The van der Waals surface area contributed by atoms with Crippen LogP contribution in [0.4, 0.5) is 0 Å². The van der Waals surface area contributed by atoms with Crippen molar-refractivity contribution in [1.29, 1.82) is 0 Å². The number of carboxylic acid groups (broad SMARTS) is 1. The van der Waals surface area contributed by atoms with Crippen LogP contribution in [0.5, 0.6) is 0 Å². The van der Waals surface area contributed by atoms with Crippen LogP contribution in [0.3, 0.4) is 0 Å². The molecule has 1 atom stereocenters. The summed E-state index contributed by atoms with van der Waals surface area (Å²) in [6, 6.07) is 0. The molecule has 4 heteroatoms. The van der Waals surface area contributed by atoms with E-state index in [1.807, 2.05) is 13.8 Å². The lowest BCUT2D eigenvalue weighted by molar-refractivity contribution is -0.145. The van der Waals surface area contributed by atoms with Crippen molar-refractivity contribution in [1.82, 2.24) is 5.32 Å². The van der Waals surface area contributed by atoms with Gasteiger partial charge in [0.25, 0.3) is 0 Å². The maximum atomic E-state index is 11.3. The number of likely N-dealkylation sites (N-methyl/N-ethyl adjacent to an activating group) is 1. The molecule has 0 radical (unpaired) electrons. The maximum Gasteiger partial charge on any atom is 0.323 e. The second-order valence-corrected chi connectivity index (χ2v) is 4.80. The lowest BCUT2D eigenvalue weighted by Crippen LogP contribution is -2.51. The summed E-state index contributed by atoms with van der Waals surface area (Å²) in [6.45, 7) is 5.23. The SMILES string of the molecule is CCNC(CC)(CCCOC1CCC1)C(=O)O. The van der Waals surface area contributed by atoms with E-state index in [4.69, 9.17) is 4.74 Å². The van der Waals surface area contributed by atoms with Crippen LogP contribution in [0, 0.1) is 0 Å². The highest BCUT2D eigenvalue weighted by molar-refractivity contribution is 5.78. The summed E-state index contributed by atoms with van der Waals surface area (Å²) >= 11 is 0. The molecule has 4 nitrogen and oxygen atoms in total. The van der Waals surface area contributed by atoms with E-state index in [1.165, 1.54) is 19.3 Å². The molecule has 2 N–H and O–H groups in total. The molecule has 0 bridgehead atoms. The van der Waals surface area contributed by atoms with Gasteiger partial charge in [0.15, 0.2) is 0 Å². The van der Waals surface area contributed by atoms with Gasteiger partial charge in [-0.25, -0.2) is 0 Å². The molecule has 0 aromatic heterocycles. The van der Waals surface area contributed by atoms with Crippen LogP contribution < -0.4 is 5.32 Å². The van der Waals surface area contributed by atoms with Crippen molar-refractivity contribution in [2.45, 2.75) is 64.0 Å². The summed E-state index contributed by atoms with van der Waals surface area (Å²) in [6.07, 6.45) is 6.12. The molecule has 0 spiro atoms. The van der Waals surface area contributed by atoms with Crippen LogP contribution in [0.1, 0.15) is 52.4 Å². The zero-order valence-corrected chi connectivity index (χ0v) is 11.0. The Balaban J connectivity index is 2.29. The Morgan fingerprint density at radius 2 is 2.18 bits per heavy atom. The fourth-order valence-electron chi connectivity index (χ4n) is 2.22. The molecule has 0 aromatic rings. The molecular formula is C13H25NO3. The average molecular weight is 243 g/mol. The molecule has 0 aliphatic heterocycles. The smallest absolute Gasteiger partial charge is 0.323 e. The van der Waals surface area contributed by atoms with Crippen molar-refractivity contribution in [3.8, 4) is 0 Å². The first-order valence-corrected chi connectivity index (χ1v) is 6.74. The Hall–Kier alpha value is -0.610. The first-order chi connectivity index (χ1) is 8.14. The van der Waals surface area contributed by atoms with Gasteiger partial charge in [-0.1, -0.05) is 13.8 Å². The second-order valence-electron chi connectivity index (χ2n) is 4.80. The molecular weight excluding hydrogens is 218 g/mol. The molecule has 1 fully saturated rings. The summed E-state index contributed by atoms with van der Waals surface area (Å²) in [5.41, 5.74) is -0.766. The molecule has 0 aromatic carbocycles. The van der Waals surface area contributed by atoms with Crippen LogP contribution in [0.25, 0.3) is 0 Å². The third kappa shape index (κ3) is 3.96. The minimum absolute atomic E-state index is 0.440. The summed E-state index contributed by atoms with van der Waals surface area (Å²) in [7, 11) is 0. The molecule has 1 aliphatic rings. The Morgan fingerprint density at radius 1 is 1.47 bits per heavy atom. The van der Waals surface area contributed by atoms with Crippen LogP contribution in [0.15, 0.2) is 0 Å². The van der Waals surface area contributed by atoms with E-state index in [2.05, 4.69) is 5.32 Å². The van der Waals surface area contributed by atoms with Gasteiger partial charge in [-0.2, -0.15) is 0 Å². The monoisotopic (exact) mass is 243 g/mol. The van der Waals surface area contributed by atoms with E-state index in [0.717, 1.165) is 6.42 Å². The number of nitrogens with one attached hydrogen (secondary N) is 1. The number of hydrogen-bond donors (Lipinski definition) is 2. The van der Waals surface area contributed by atoms with Crippen molar-refractivity contribution in [3.63, 3.8) is 0 Å². The zero-order valence-electron chi connectivity index (χ0n) is 11.0. The van der Waals surface area contributed by atoms with Crippen molar-refractivity contribution in [2.24, 2.45) is 0 Å². The Bertz CT molecular complexity index is 241. The first kappa shape index (κ1) is 14.5. The topological polar surface area (TPSA) is 58.6 Å². The maximum absolute atomic E-state index is 11.3. The molecule has 0 amide bonds. The van der Waals surface area contributed by atoms with Crippen LogP contribution in [0.2, 0.25) is 0 Å². The Morgan fingerprint density at radius 3 is 2.59 bits per heavy atom. The van der Waals surface area contributed by atoms with Gasteiger partial charge in [-0.05, 0) is 45.1 Å². The predicted molar refractivity (Wildman–Crippen MR) is 67.2 cm³/mol. The molecule has 1 saturated carbocycles. The third-order valence-corrected chi connectivity index (χ3v) is 3.68. The van der Waals surface area contributed by atoms with E-state index < -0.39 is 11.5 Å². The van der Waals surface area contributed by atoms with E-state index in [0.29, 0.717) is 32.1 Å². The van der Waals surface area contributed by atoms with Crippen LogP contribution in [-0.2, 0) is 9.53 Å². The molecule has 1 unspecified atom stereocenters. The largest absolute Gasteiger partial charge is 0.480 e. The molecule has 17 heavy (non-hydrogen) atoms. The lowest BCUT2D eigenvalue weighted by atomic mass is 9.90. The molecule has 1 aliphatic carbocycles. The minimum atomic E-state index is -0.766. The highest BCUT2D eigenvalue weighted by Crippen LogP contribution is 2.23. The number of carbonyl (C=O) groups is 1. The highest BCUT2D eigenvalue weighted by Gasteiger charge is 2.35. The van der Waals surface area contributed by atoms with E-state index in [9.17, 15) is 9.90 Å². The van der Waals surface area contributed by atoms with E-state index in [1.54, 1.807) is 0 Å².